The molecule has 1 heterocycles. The molecule has 10 heteroatoms. The standard InChI is InChI=1S/C19H8BrClN2O6/c20-10-3-9-4-11(23(28)29)7-13-16(9)12(6-10)17(24)22(18(13)25)15-5-8(19(26)27)1-2-14(15)21/h1-7H,(H,26,27). The van der Waals surface area contributed by atoms with Crippen molar-refractivity contribution in [1.82, 2.24) is 0 Å². The molecule has 29 heavy (non-hydrogen) atoms. The number of carboxylic acid groups (broad SMARTS) is 1. The van der Waals surface area contributed by atoms with Crippen molar-refractivity contribution < 1.29 is 24.4 Å². The van der Waals surface area contributed by atoms with Crippen molar-refractivity contribution in [3.8, 4) is 0 Å². The highest BCUT2D eigenvalue weighted by Gasteiger charge is 2.37. The second-order valence-corrected chi connectivity index (χ2v) is 7.54. The van der Waals surface area contributed by atoms with Crippen LogP contribution >= 0.6 is 27.5 Å². The number of nitro groups is 1. The number of carbonyl (C=O) groups excluding carboxylic acids is 2. The van der Waals surface area contributed by atoms with Gasteiger partial charge in [-0.2, -0.15) is 0 Å². The fourth-order valence-electron chi connectivity index (χ4n) is 3.28. The Hall–Kier alpha value is -3.30. The normalized spacial score (nSPS) is 13.1. The van der Waals surface area contributed by atoms with Gasteiger partial charge in [0.2, 0.25) is 0 Å². The van der Waals surface area contributed by atoms with Crippen LogP contribution in [0.1, 0.15) is 31.1 Å². The lowest BCUT2D eigenvalue weighted by atomic mass is 9.93. The molecule has 1 aliphatic heterocycles. The lowest BCUT2D eigenvalue weighted by Gasteiger charge is -2.28. The Balaban J connectivity index is 2.03. The van der Waals surface area contributed by atoms with Gasteiger partial charge in [0.1, 0.15) is 0 Å². The largest absolute Gasteiger partial charge is 0.478 e. The maximum atomic E-state index is 13.2. The molecule has 0 aliphatic carbocycles. The molecule has 4 rings (SSSR count). The average molecular weight is 476 g/mol. The third-order valence-electron chi connectivity index (χ3n) is 4.51. The number of carbonyl (C=O) groups is 3. The maximum absolute atomic E-state index is 13.2. The molecule has 0 unspecified atom stereocenters. The maximum Gasteiger partial charge on any atom is 0.335 e. The summed E-state index contributed by atoms with van der Waals surface area (Å²) in [7, 11) is 0. The van der Waals surface area contributed by atoms with E-state index < -0.39 is 22.7 Å². The van der Waals surface area contributed by atoms with Crippen molar-refractivity contribution in [2.24, 2.45) is 0 Å². The highest BCUT2D eigenvalue weighted by molar-refractivity contribution is 9.10. The van der Waals surface area contributed by atoms with Gasteiger partial charge in [-0.25, -0.2) is 9.69 Å². The Kier molecular flexibility index (Phi) is 4.36. The number of aromatic carboxylic acids is 1. The van der Waals surface area contributed by atoms with E-state index in [9.17, 15) is 29.6 Å². The van der Waals surface area contributed by atoms with E-state index in [1.807, 2.05) is 0 Å². The van der Waals surface area contributed by atoms with E-state index in [-0.39, 0.29) is 38.5 Å². The summed E-state index contributed by atoms with van der Waals surface area (Å²) in [6.07, 6.45) is 0. The Bertz CT molecular complexity index is 1290. The SMILES string of the molecule is O=C(O)c1ccc(Cl)c(N2C(=O)c3cc(Br)cc4cc([N+](=O)[O-])cc(c34)C2=O)c1. The Labute approximate surface area is 175 Å². The number of imide groups is 1. The first kappa shape index (κ1) is 19.0. The molecule has 0 saturated carbocycles. The molecule has 3 aromatic rings. The first-order valence-electron chi connectivity index (χ1n) is 8.02. The minimum Gasteiger partial charge on any atom is -0.478 e. The summed E-state index contributed by atoms with van der Waals surface area (Å²) >= 11 is 9.42. The first-order chi connectivity index (χ1) is 13.7. The molecule has 3 aromatic carbocycles. The second kappa shape index (κ2) is 6.64. The summed E-state index contributed by atoms with van der Waals surface area (Å²) in [5.74, 6) is -2.81. The number of halogens is 2. The van der Waals surface area contributed by atoms with Crippen molar-refractivity contribution in [3.05, 3.63) is 78.8 Å². The van der Waals surface area contributed by atoms with Gasteiger partial charge in [-0.05, 0) is 35.7 Å². The van der Waals surface area contributed by atoms with Crippen LogP contribution in [0.4, 0.5) is 11.4 Å². The van der Waals surface area contributed by atoms with Crippen LogP contribution in [0.15, 0.2) is 46.9 Å². The minimum atomic E-state index is -1.26. The lowest BCUT2D eigenvalue weighted by molar-refractivity contribution is -0.384. The zero-order chi connectivity index (χ0) is 21.0. The van der Waals surface area contributed by atoms with Gasteiger partial charge in [-0.3, -0.25) is 19.7 Å². The van der Waals surface area contributed by atoms with Gasteiger partial charge in [0.15, 0.2) is 0 Å². The molecule has 0 atom stereocenters. The molecule has 0 saturated heterocycles. The van der Waals surface area contributed by atoms with E-state index >= 15 is 0 Å². The lowest BCUT2D eigenvalue weighted by Crippen LogP contribution is -2.40. The zero-order valence-corrected chi connectivity index (χ0v) is 16.5. The fourth-order valence-corrected chi connectivity index (χ4v) is 3.95. The number of hydrogen-bond donors (Lipinski definition) is 1. The number of nitro benzene ring substituents is 1. The highest BCUT2D eigenvalue weighted by atomic mass is 79.9. The first-order valence-corrected chi connectivity index (χ1v) is 9.19. The van der Waals surface area contributed by atoms with Crippen LogP contribution in [0, 0.1) is 10.1 Å². The van der Waals surface area contributed by atoms with Gasteiger partial charge in [-0.15, -0.1) is 0 Å². The van der Waals surface area contributed by atoms with Gasteiger partial charge in [-0.1, -0.05) is 27.5 Å². The quantitative estimate of drug-likeness (QED) is 0.334. The molecule has 0 aromatic heterocycles. The van der Waals surface area contributed by atoms with E-state index in [1.165, 1.54) is 24.3 Å². The molecule has 0 radical (unpaired) electrons. The van der Waals surface area contributed by atoms with E-state index in [4.69, 9.17) is 11.6 Å². The second-order valence-electron chi connectivity index (χ2n) is 6.22. The molecule has 1 aliphatic rings. The Morgan fingerprint density at radius 1 is 1.07 bits per heavy atom. The van der Waals surface area contributed by atoms with Crippen molar-refractivity contribution in [1.29, 1.82) is 0 Å². The van der Waals surface area contributed by atoms with Gasteiger partial charge in [0.25, 0.3) is 17.5 Å². The van der Waals surface area contributed by atoms with Crippen LogP contribution in [-0.4, -0.2) is 27.8 Å². The number of carboxylic acids is 1. The molecule has 0 bridgehead atoms. The third kappa shape index (κ3) is 2.95. The average Bonchev–Trinajstić information content (AvgIpc) is 2.66. The number of nitrogens with zero attached hydrogens (tertiary/aromatic N) is 2. The number of amides is 2. The third-order valence-corrected chi connectivity index (χ3v) is 5.29. The number of anilines is 1. The van der Waals surface area contributed by atoms with Crippen LogP contribution in [0.5, 0.6) is 0 Å². The fraction of sp³-hybridized carbons (Fsp3) is 0. The van der Waals surface area contributed by atoms with Crippen LogP contribution in [0.2, 0.25) is 5.02 Å². The van der Waals surface area contributed by atoms with E-state index in [0.29, 0.717) is 9.86 Å². The molecule has 2 amide bonds. The van der Waals surface area contributed by atoms with Gasteiger partial charge >= 0.3 is 5.97 Å². The Morgan fingerprint density at radius 3 is 2.34 bits per heavy atom. The predicted octanol–water partition coefficient (Wildman–Crippen LogP) is 4.66. The molecule has 0 spiro atoms. The molecule has 1 N–H and O–H groups in total. The van der Waals surface area contributed by atoms with Crippen molar-refractivity contribution in [2.45, 2.75) is 0 Å². The van der Waals surface area contributed by atoms with Crippen LogP contribution in [0.25, 0.3) is 10.8 Å². The van der Waals surface area contributed by atoms with E-state index in [2.05, 4.69) is 15.9 Å². The van der Waals surface area contributed by atoms with E-state index in [0.717, 1.165) is 17.0 Å². The van der Waals surface area contributed by atoms with Crippen molar-refractivity contribution >= 4 is 67.5 Å². The predicted molar refractivity (Wildman–Crippen MR) is 108 cm³/mol. The molecular formula is C19H8BrClN2O6. The smallest absolute Gasteiger partial charge is 0.335 e. The van der Waals surface area contributed by atoms with Crippen molar-refractivity contribution in [3.63, 3.8) is 0 Å². The zero-order valence-electron chi connectivity index (χ0n) is 14.2. The molecule has 0 fully saturated rings. The van der Waals surface area contributed by atoms with Crippen LogP contribution in [0.3, 0.4) is 0 Å². The molecule has 8 nitrogen and oxygen atoms in total. The van der Waals surface area contributed by atoms with E-state index in [1.54, 1.807) is 6.07 Å². The van der Waals surface area contributed by atoms with Crippen molar-refractivity contribution in [2.75, 3.05) is 4.90 Å². The van der Waals surface area contributed by atoms with Crippen LogP contribution in [-0.2, 0) is 0 Å². The molecular weight excluding hydrogens is 468 g/mol. The number of rotatable bonds is 3. The summed E-state index contributed by atoms with van der Waals surface area (Å²) in [6, 6.07) is 9.05. The summed E-state index contributed by atoms with van der Waals surface area (Å²) in [5, 5.41) is 21.2. The Morgan fingerprint density at radius 2 is 1.72 bits per heavy atom. The number of non-ortho nitro benzene ring substituents is 1. The highest BCUT2D eigenvalue weighted by Crippen LogP contribution is 2.39. The molecule has 144 valence electrons. The number of benzene rings is 3. The summed E-state index contributed by atoms with van der Waals surface area (Å²) in [6.45, 7) is 0. The van der Waals surface area contributed by atoms with Gasteiger partial charge < -0.3 is 5.11 Å². The van der Waals surface area contributed by atoms with Crippen LogP contribution < -0.4 is 4.90 Å². The summed E-state index contributed by atoms with van der Waals surface area (Å²) in [5.41, 5.74) is -0.519. The summed E-state index contributed by atoms with van der Waals surface area (Å²) in [4.78, 5) is 49.1. The topological polar surface area (TPSA) is 118 Å². The van der Waals surface area contributed by atoms with Gasteiger partial charge in [0, 0.05) is 22.0 Å². The number of hydrogen-bond acceptors (Lipinski definition) is 5. The van der Waals surface area contributed by atoms with Gasteiger partial charge in [0.05, 0.1) is 32.3 Å². The monoisotopic (exact) mass is 474 g/mol. The minimum absolute atomic E-state index is 0.0168. The summed E-state index contributed by atoms with van der Waals surface area (Å²) < 4.78 is 0.486.